The minimum Gasteiger partial charge on any atom is -0.507 e. The Labute approximate surface area is 185 Å². The van der Waals surface area contributed by atoms with Gasteiger partial charge in [-0.1, -0.05) is 0 Å². The van der Waals surface area contributed by atoms with E-state index in [0.29, 0.717) is 23.1 Å². The van der Waals surface area contributed by atoms with Crippen LogP contribution in [-0.4, -0.2) is 56.2 Å². The molecule has 7 nitrogen and oxygen atoms in total. The van der Waals surface area contributed by atoms with Crippen molar-refractivity contribution < 1.29 is 13.9 Å². The molecule has 3 aromatic rings. The van der Waals surface area contributed by atoms with Crippen molar-refractivity contribution in [1.82, 2.24) is 25.1 Å². The Hall–Kier alpha value is -3.07. The van der Waals surface area contributed by atoms with E-state index in [1.165, 1.54) is 18.3 Å². The number of nitrogens with one attached hydrogen (secondary N) is 1. The molecule has 1 unspecified atom stereocenters. The lowest BCUT2D eigenvalue weighted by molar-refractivity contribution is 0.197. The Morgan fingerprint density at radius 3 is 2.78 bits per heavy atom. The first kappa shape index (κ1) is 20.8. The molecule has 0 spiro atoms. The number of hydrogen-bond donors (Lipinski definition) is 2. The Morgan fingerprint density at radius 2 is 2.09 bits per heavy atom. The average Bonchev–Trinajstić information content (AvgIpc) is 3.37. The summed E-state index contributed by atoms with van der Waals surface area (Å²) in [7, 11) is 3.70. The summed E-state index contributed by atoms with van der Waals surface area (Å²) in [4.78, 5) is 11.0. The number of rotatable bonds is 5. The smallest absolute Gasteiger partial charge is 0.147 e. The van der Waals surface area contributed by atoms with Gasteiger partial charge in [-0.2, -0.15) is 5.10 Å². The SMILES string of the molecule is CN(c1cnc(-c2cc(F)c(-c3cnn(C)c3)cc2O)cn1)[C@H]1CC2CC[C@](CF)(C1)N2. The summed E-state index contributed by atoms with van der Waals surface area (Å²) < 4.78 is 30.0. The monoisotopic (exact) mass is 440 g/mol. The fourth-order valence-corrected chi connectivity index (χ4v) is 5.06. The molecule has 2 saturated heterocycles. The number of aryl methyl sites for hydroxylation is 1. The third kappa shape index (κ3) is 3.60. The normalized spacial score (nSPS) is 24.6. The number of anilines is 1. The third-order valence-corrected chi connectivity index (χ3v) is 6.84. The lowest BCUT2D eigenvalue weighted by atomic mass is 9.88. The van der Waals surface area contributed by atoms with Gasteiger partial charge in [0.1, 0.15) is 24.1 Å². The van der Waals surface area contributed by atoms with Crippen molar-refractivity contribution in [2.24, 2.45) is 7.05 Å². The molecule has 0 amide bonds. The highest BCUT2D eigenvalue weighted by atomic mass is 19.1. The number of phenols is 1. The van der Waals surface area contributed by atoms with Gasteiger partial charge in [0.05, 0.1) is 24.3 Å². The molecule has 2 fully saturated rings. The summed E-state index contributed by atoms with van der Waals surface area (Å²) >= 11 is 0. The number of halogens is 2. The van der Waals surface area contributed by atoms with Gasteiger partial charge in [-0.25, -0.2) is 13.8 Å². The van der Waals surface area contributed by atoms with E-state index < -0.39 is 11.4 Å². The molecule has 5 rings (SSSR count). The Bertz CT molecular complexity index is 1130. The fourth-order valence-electron chi connectivity index (χ4n) is 5.06. The van der Waals surface area contributed by atoms with Crippen molar-refractivity contribution >= 4 is 5.82 Å². The molecule has 3 atom stereocenters. The average molecular weight is 440 g/mol. The second-order valence-electron chi connectivity index (χ2n) is 9.01. The zero-order valence-corrected chi connectivity index (χ0v) is 18.1. The second kappa shape index (κ2) is 7.81. The zero-order valence-electron chi connectivity index (χ0n) is 18.1. The first-order valence-electron chi connectivity index (χ1n) is 10.8. The Kier molecular flexibility index (Phi) is 5.08. The molecule has 1 aromatic carbocycles. The fraction of sp³-hybridized carbons (Fsp3) is 0.435. The quantitative estimate of drug-likeness (QED) is 0.633. The van der Waals surface area contributed by atoms with Gasteiger partial charge in [0.15, 0.2) is 0 Å². The van der Waals surface area contributed by atoms with Gasteiger partial charge in [0.2, 0.25) is 0 Å². The van der Waals surface area contributed by atoms with Crippen LogP contribution in [0.4, 0.5) is 14.6 Å². The number of aromatic nitrogens is 4. The van der Waals surface area contributed by atoms with Crippen LogP contribution in [0, 0.1) is 5.82 Å². The van der Waals surface area contributed by atoms with Crippen LogP contribution >= 0.6 is 0 Å². The molecule has 2 N–H and O–H groups in total. The summed E-state index contributed by atoms with van der Waals surface area (Å²) in [5.74, 6) is 0.108. The van der Waals surface area contributed by atoms with Crippen LogP contribution in [-0.2, 0) is 7.05 Å². The van der Waals surface area contributed by atoms with E-state index in [1.54, 1.807) is 30.3 Å². The highest BCUT2D eigenvalue weighted by Gasteiger charge is 2.46. The molecule has 2 aliphatic rings. The van der Waals surface area contributed by atoms with E-state index in [1.807, 2.05) is 11.9 Å². The molecule has 9 heteroatoms. The van der Waals surface area contributed by atoms with Crippen LogP contribution in [0.3, 0.4) is 0 Å². The largest absolute Gasteiger partial charge is 0.507 e. The lowest BCUT2D eigenvalue weighted by Gasteiger charge is -2.41. The van der Waals surface area contributed by atoms with Crippen molar-refractivity contribution in [1.29, 1.82) is 0 Å². The summed E-state index contributed by atoms with van der Waals surface area (Å²) in [5, 5.41) is 18.0. The lowest BCUT2D eigenvalue weighted by Crippen LogP contribution is -2.56. The molecule has 4 heterocycles. The summed E-state index contributed by atoms with van der Waals surface area (Å²) in [6, 6.07) is 3.15. The van der Waals surface area contributed by atoms with Crippen LogP contribution in [0.5, 0.6) is 5.75 Å². The highest BCUT2D eigenvalue weighted by Crippen LogP contribution is 2.39. The Morgan fingerprint density at radius 1 is 1.25 bits per heavy atom. The van der Waals surface area contributed by atoms with E-state index in [2.05, 4.69) is 20.4 Å². The molecule has 168 valence electrons. The topological polar surface area (TPSA) is 79.1 Å². The molecular weight excluding hydrogens is 414 g/mol. The van der Waals surface area contributed by atoms with Crippen LogP contribution < -0.4 is 10.2 Å². The number of aromatic hydroxyl groups is 1. The number of fused-ring (bicyclic) bond motifs is 2. The van der Waals surface area contributed by atoms with Crippen LogP contribution in [0.25, 0.3) is 22.4 Å². The number of nitrogens with zero attached hydrogens (tertiary/aromatic N) is 5. The molecule has 2 bridgehead atoms. The van der Waals surface area contributed by atoms with E-state index in [0.717, 1.165) is 25.7 Å². The number of piperidine rings is 1. The van der Waals surface area contributed by atoms with Gasteiger partial charge < -0.3 is 15.3 Å². The molecule has 0 radical (unpaired) electrons. The number of alkyl halides is 1. The van der Waals surface area contributed by atoms with Gasteiger partial charge in [-0.3, -0.25) is 9.67 Å². The van der Waals surface area contributed by atoms with Crippen molar-refractivity contribution in [3.63, 3.8) is 0 Å². The maximum atomic E-state index is 14.8. The maximum Gasteiger partial charge on any atom is 0.147 e. The molecular formula is C23H26F2N6O. The van der Waals surface area contributed by atoms with E-state index in [9.17, 15) is 13.9 Å². The van der Waals surface area contributed by atoms with Crippen molar-refractivity contribution in [2.75, 3.05) is 18.6 Å². The Balaban J connectivity index is 1.37. The zero-order chi connectivity index (χ0) is 22.5. The minimum absolute atomic E-state index is 0.0829. The molecule has 2 aromatic heterocycles. The van der Waals surface area contributed by atoms with Gasteiger partial charge in [-0.15, -0.1) is 0 Å². The summed E-state index contributed by atoms with van der Waals surface area (Å²) in [6.07, 6.45) is 9.90. The molecule has 2 aliphatic heterocycles. The second-order valence-corrected chi connectivity index (χ2v) is 9.01. The van der Waals surface area contributed by atoms with Crippen molar-refractivity contribution in [3.05, 3.63) is 42.7 Å². The predicted molar refractivity (Wildman–Crippen MR) is 118 cm³/mol. The molecule has 0 aliphatic carbocycles. The maximum absolute atomic E-state index is 14.8. The van der Waals surface area contributed by atoms with Gasteiger partial charge >= 0.3 is 0 Å². The number of benzene rings is 1. The standard InChI is InChI=1S/C23H26F2N6O/c1-30-12-14(9-28-30)17-7-21(32)18(6-19(17)25)20-10-27-22(11-26-20)31(2)16-5-15-3-4-23(8-16,13-24)29-15/h6-7,9-12,15-16,29,32H,3-5,8,13H2,1-2H3/t15?,16-,23+/m0/s1. The summed E-state index contributed by atoms with van der Waals surface area (Å²) in [6.45, 7) is -0.363. The number of hydrogen-bond acceptors (Lipinski definition) is 6. The van der Waals surface area contributed by atoms with Gasteiger partial charge in [0, 0.05) is 54.6 Å². The van der Waals surface area contributed by atoms with Crippen LogP contribution in [0.1, 0.15) is 25.7 Å². The first-order chi connectivity index (χ1) is 15.4. The molecule has 0 saturated carbocycles. The van der Waals surface area contributed by atoms with E-state index in [-0.39, 0.29) is 29.6 Å². The first-order valence-corrected chi connectivity index (χ1v) is 10.8. The summed E-state index contributed by atoms with van der Waals surface area (Å²) in [5.41, 5.74) is 1.08. The number of phenolic OH excluding ortho intramolecular Hbond substituents is 1. The van der Waals surface area contributed by atoms with Gasteiger partial charge in [-0.05, 0) is 37.8 Å². The van der Waals surface area contributed by atoms with E-state index >= 15 is 0 Å². The van der Waals surface area contributed by atoms with Crippen LogP contribution in [0.15, 0.2) is 36.9 Å². The van der Waals surface area contributed by atoms with Crippen molar-refractivity contribution in [2.45, 2.75) is 43.3 Å². The van der Waals surface area contributed by atoms with Crippen molar-refractivity contribution in [3.8, 4) is 28.1 Å². The van der Waals surface area contributed by atoms with E-state index in [4.69, 9.17) is 0 Å². The minimum atomic E-state index is -0.476. The highest BCUT2D eigenvalue weighted by molar-refractivity contribution is 5.74. The predicted octanol–water partition coefficient (Wildman–Crippen LogP) is 3.45. The third-order valence-electron chi connectivity index (χ3n) is 6.84. The van der Waals surface area contributed by atoms with Crippen LogP contribution in [0.2, 0.25) is 0 Å². The van der Waals surface area contributed by atoms with Gasteiger partial charge in [0.25, 0.3) is 0 Å². The molecule has 32 heavy (non-hydrogen) atoms.